The molecule has 0 aliphatic carbocycles. The topological polar surface area (TPSA) is 29.9 Å². The molecule has 1 unspecified atom stereocenters. The maximum atomic E-state index is 4.56. The molecule has 0 bridgehead atoms. The second-order valence-electron chi connectivity index (χ2n) is 4.67. The standard InChI is InChI=1S/C12H21N3/c1-4-12(5-2)9-13-8-10(12)11-6-7-15(3)14-11/h6-7,10,13H,4-5,8-9H2,1-3H3. The Morgan fingerprint density at radius 3 is 2.80 bits per heavy atom. The molecule has 1 N–H and O–H groups in total. The predicted molar refractivity (Wildman–Crippen MR) is 61.8 cm³/mol. The van der Waals surface area contributed by atoms with Gasteiger partial charge in [-0.1, -0.05) is 13.8 Å². The fourth-order valence-corrected chi connectivity index (χ4v) is 2.84. The summed E-state index contributed by atoms with van der Waals surface area (Å²) in [6, 6.07) is 2.16. The molecule has 0 aromatic carbocycles. The van der Waals surface area contributed by atoms with E-state index in [1.54, 1.807) is 0 Å². The summed E-state index contributed by atoms with van der Waals surface area (Å²) in [5.41, 5.74) is 1.68. The average molecular weight is 207 g/mol. The first-order chi connectivity index (χ1) is 7.22. The molecule has 3 nitrogen and oxygen atoms in total. The third-order valence-corrected chi connectivity index (χ3v) is 4.06. The van der Waals surface area contributed by atoms with Gasteiger partial charge in [-0.3, -0.25) is 4.68 Å². The molecule has 2 heterocycles. The van der Waals surface area contributed by atoms with Gasteiger partial charge in [-0.05, 0) is 24.3 Å². The zero-order chi connectivity index (χ0) is 10.9. The van der Waals surface area contributed by atoms with Crippen molar-refractivity contribution in [1.29, 1.82) is 0 Å². The van der Waals surface area contributed by atoms with Crippen LogP contribution in [0.15, 0.2) is 12.3 Å². The molecular formula is C12H21N3. The van der Waals surface area contributed by atoms with Gasteiger partial charge in [0, 0.05) is 32.3 Å². The van der Waals surface area contributed by atoms with Crippen LogP contribution in [0.2, 0.25) is 0 Å². The molecule has 1 fully saturated rings. The maximum Gasteiger partial charge on any atom is 0.0674 e. The van der Waals surface area contributed by atoms with Crippen molar-refractivity contribution in [2.45, 2.75) is 32.6 Å². The quantitative estimate of drug-likeness (QED) is 0.820. The number of nitrogens with one attached hydrogen (secondary N) is 1. The van der Waals surface area contributed by atoms with Crippen LogP contribution in [0.5, 0.6) is 0 Å². The highest BCUT2D eigenvalue weighted by molar-refractivity contribution is 5.15. The van der Waals surface area contributed by atoms with Gasteiger partial charge in [0.1, 0.15) is 0 Å². The molecule has 1 aromatic rings. The SMILES string of the molecule is CCC1(CC)CNCC1c1ccn(C)n1. The first kappa shape index (κ1) is 10.7. The monoisotopic (exact) mass is 207 g/mol. The van der Waals surface area contributed by atoms with Crippen LogP contribution in [0.1, 0.15) is 38.3 Å². The van der Waals surface area contributed by atoms with Crippen LogP contribution in [0.4, 0.5) is 0 Å². The summed E-state index contributed by atoms with van der Waals surface area (Å²) in [6.07, 6.45) is 4.51. The lowest BCUT2D eigenvalue weighted by molar-refractivity contribution is 0.256. The molecule has 0 amide bonds. The van der Waals surface area contributed by atoms with Crippen molar-refractivity contribution in [3.63, 3.8) is 0 Å². The van der Waals surface area contributed by atoms with Crippen LogP contribution in [-0.4, -0.2) is 22.9 Å². The summed E-state index contributed by atoms with van der Waals surface area (Å²) >= 11 is 0. The highest BCUT2D eigenvalue weighted by Gasteiger charge is 2.41. The Morgan fingerprint density at radius 2 is 2.27 bits per heavy atom. The normalized spacial score (nSPS) is 24.6. The van der Waals surface area contributed by atoms with Crippen molar-refractivity contribution in [3.8, 4) is 0 Å². The fourth-order valence-electron chi connectivity index (χ4n) is 2.84. The Kier molecular flexibility index (Phi) is 2.83. The number of rotatable bonds is 3. The summed E-state index contributed by atoms with van der Waals surface area (Å²) in [5, 5.41) is 8.08. The summed E-state index contributed by atoms with van der Waals surface area (Å²) in [4.78, 5) is 0. The van der Waals surface area contributed by atoms with Gasteiger partial charge in [-0.25, -0.2) is 0 Å². The van der Waals surface area contributed by atoms with Crippen molar-refractivity contribution in [2.24, 2.45) is 12.5 Å². The Labute approximate surface area is 91.9 Å². The molecular weight excluding hydrogens is 186 g/mol. The first-order valence-corrected chi connectivity index (χ1v) is 5.92. The minimum absolute atomic E-state index is 0.425. The predicted octanol–water partition coefficient (Wildman–Crippen LogP) is 1.91. The lowest BCUT2D eigenvalue weighted by atomic mass is 9.72. The van der Waals surface area contributed by atoms with Gasteiger partial charge < -0.3 is 5.32 Å². The Bertz CT molecular complexity index is 325. The van der Waals surface area contributed by atoms with Gasteiger partial charge in [0.25, 0.3) is 0 Å². The zero-order valence-electron chi connectivity index (χ0n) is 9.95. The Hall–Kier alpha value is -0.830. The number of aryl methyl sites for hydroxylation is 1. The minimum atomic E-state index is 0.425. The lowest BCUT2D eigenvalue weighted by Gasteiger charge is -2.31. The molecule has 1 atom stereocenters. The Morgan fingerprint density at radius 1 is 1.53 bits per heavy atom. The molecule has 1 saturated heterocycles. The van der Waals surface area contributed by atoms with E-state index in [4.69, 9.17) is 0 Å². The van der Waals surface area contributed by atoms with Gasteiger partial charge in [0.2, 0.25) is 0 Å². The molecule has 1 aromatic heterocycles. The molecule has 3 heteroatoms. The van der Waals surface area contributed by atoms with E-state index in [0.29, 0.717) is 11.3 Å². The summed E-state index contributed by atoms with van der Waals surface area (Å²) in [7, 11) is 1.99. The van der Waals surface area contributed by atoms with Gasteiger partial charge in [0.15, 0.2) is 0 Å². The van der Waals surface area contributed by atoms with Crippen LogP contribution in [-0.2, 0) is 7.05 Å². The lowest BCUT2D eigenvalue weighted by Crippen LogP contribution is -2.27. The van der Waals surface area contributed by atoms with Crippen LogP contribution >= 0.6 is 0 Å². The van der Waals surface area contributed by atoms with Gasteiger partial charge in [-0.15, -0.1) is 0 Å². The van der Waals surface area contributed by atoms with Crippen LogP contribution in [0.3, 0.4) is 0 Å². The fraction of sp³-hybridized carbons (Fsp3) is 0.750. The van der Waals surface area contributed by atoms with E-state index in [2.05, 4.69) is 30.3 Å². The van der Waals surface area contributed by atoms with Crippen LogP contribution < -0.4 is 5.32 Å². The largest absolute Gasteiger partial charge is 0.315 e. The molecule has 0 saturated carbocycles. The van der Waals surface area contributed by atoms with Gasteiger partial charge in [-0.2, -0.15) is 5.10 Å². The van der Waals surface area contributed by atoms with E-state index in [0.717, 1.165) is 13.1 Å². The molecule has 84 valence electrons. The highest BCUT2D eigenvalue weighted by Crippen LogP contribution is 2.43. The maximum absolute atomic E-state index is 4.56. The van der Waals surface area contributed by atoms with E-state index in [1.807, 2.05) is 17.9 Å². The van der Waals surface area contributed by atoms with E-state index in [1.165, 1.54) is 18.5 Å². The second-order valence-corrected chi connectivity index (χ2v) is 4.67. The van der Waals surface area contributed by atoms with E-state index < -0.39 is 0 Å². The van der Waals surface area contributed by atoms with Crippen molar-refractivity contribution in [1.82, 2.24) is 15.1 Å². The third kappa shape index (κ3) is 1.69. The van der Waals surface area contributed by atoms with E-state index in [9.17, 15) is 0 Å². The van der Waals surface area contributed by atoms with Crippen molar-refractivity contribution < 1.29 is 0 Å². The van der Waals surface area contributed by atoms with E-state index >= 15 is 0 Å². The number of aromatic nitrogens is 2. The zero-order valence-corrected chi connectivity index (χ0v) is 9.95. The third-order valence-electron chi connectivity index (χ3n) is 4.06. The number of hydrogen-bond acceptors (Lipinski definition) is 2. The minimum Gasteiger partial charge on any atom is -0.315 e. The number of hydrogen-bond donors (Lipinski definition) is 1. The highest BCUT2D eigenvalue weighted by atomic mass is 15.3. The van der Waals surface area contributed by atoms with Gasteiger partial charge in [0.05, 0.1) is 5.69 Å². The molecule has 1 aliphatic heterocycles. The van der Waals surface area contributed by atoms with Crippen LogP contribution in [0, 0.1) is 5.41 Å². The summed E-state index contributed by atoms with van der Waals surface area (Å²) in [5.74, 6) is 0.591. The van der Waals surface area contributed by atoms with Crippen molar-refractivity contribution in [3.05, 3.63) is 18.0 Å². The van der Waals surface area contributed by atoms with Crippen LogP contribution in [0.25, 0.3) is 0 Å². The molecule has 0 radical (unpaired) electrons. The van der Waals surface area contributed by atoms with Gasteiger partial charge >= 0.3 is 0 Å². The van der Waals surface area contributed by atoms with E-state index in [-0.39, 0.29) is 0 Å². The second kappa shape index (κ2) is 3.97. The van der Waals surface area contributed by atoms with Crippen molar-refractivity contribution >= 4 is 0 Å². The number of nitrogens with zero attached hydrogens (tertiary/aromatic N) is 2. The smallest absolute Gasteiger partial charge is 0.0674 e. The van der Waals surface area contributed by atoms with Crippen molar-refractivity contribution in [2.75, 3.05) is 13.1 Å². The molecule has 15 heavy (non-hydrogen) atoms. The first-order valence-electron chi connectivity index (χ1n) is 5.92. The Balaban J connectivity index is 2.28. The summed E-state index contributed by atoms with van der Waals surface area (Å²) in [6.45, 7) is 6.82. The average Bonchev–Trinajstić information content (AvgIpc) is 2.83. The molecule has 2 rings (SSSR count). The molecule has 1 aliphatic rings. The molecule has 0 spiro atoms. The summed E-state index contributed by atoms with van der Waals surface area (Å²) < 4.78 is 1.91.